The van der Waals surface area contributed by atoms with Crippen LogP contribution in [0, 0.1) is 5.92 Å². The quantitative estimate of drug-likeness (QED) is 0.317. The molecule has 2 aromatic rings. The normalized spacial score (nSPS) is 15.1. The second-order valence-electron chi connectivity index (χ2n) is 9.12. The van der Waals surface area contributed by atoms with Crippen LogP contribution >= 0.6 is 11.6 Å². The number of piperidine rings is 1. The highest BCUT2D eigenvalue weighted by molar-refractivity contribution is 7.91. The molecule has 1 saturated heterocycles. The van der Waals surface area contributed by atoms with Gasteiger partial charge in [0.1, 0.15) is 5.75 Å². The van der Waals surface area contributed by atoms with Crippen LogP contribution in [0.25, 0.3) is 0 Å². The number of carbonyl (C=O) groups excluding carboxylic acids is 1. The summed E-state index contributed by atoms with van der Waals surface area (Å²) in [5, 5.41) is 3.34. The molecule has 0 atom stereocenters. The molecular formula is C26H36ClN3O4S. The minimum absolute atomic E-state index is 0.208. The Morgan fingerprint density at radius 2 is 1.80 bits per heavy atom. The van der Waals surface area contributed by atoms with E-state index in [1.165, 1.54) is 7.11 Å². The smallest absolute Gasteiger partial charge is 0.255 e. The van der Waals surface area contributed by atoms with Gasteiger partial charge in [-0.3, -0.25) is 4.79 Å². The van der Waals surface area contributed by atoms with Crippen molar-refractivity contribution in [2.45, 2.75) is 43.4 Å². The van der Waals surface area contributed by atoms with Crippen LogP contribution in [0.15, 0.2) is 47.4 Å². The lowest BCUT2D eigenvalue weighted by molar-refractivity contribution is 0.0933. The van der Waals surface area contributed by atoms with Crippen LogP contribution in [0.2, 0.25) is 5.02 Å². The number of rotatable bonds is 12. The van der Waals surface area contributed by atoms with E-state index >= 15 is 0 Å². The summed E-state index contributed by atoms with van der Waals surface area (Å²) >= 11 is 6.07. The van der Waals surface area contributed by atoms with Crippen molar-refractivity contribution in [3.63, 3.8) is 0 Å². The molecule has 1 aliphatic heterocycles. The topological polar surface area (TPSA) is 102 Å². The molecule has 2 aromatic carbocycles. The number of unbranched alkanes of at least 4 members (excludes halogenated alkanes) is 3. The summed E-state index contributed by atoms with van der Waals surface area (Å²) in [5.74, 6) is 0.855. The summed E-state index contributed by atoms with van der Waals surface area (Å²) in [6.45, 7) is 3.68. The number of nitrogens with two attached hydrogens (primary N) is 1. The molecule has 192 valence electrons. The third kappa shape index (κ3) is 8.12. The molecule has 7 nitrogen and oxygen atoms in total. The van der Waals surface area contributed by atoms with E-state index < -0.39 is 9.84 Å². The van der Waals surface area contributed by atoms with Crippen molar-refractivity contribution in [2.24, 2.45) is 5.92 Å². The zero-order valence-corrected chi connectivity index (χ0v) is 21.9. The van der Waals surface area contributed by atoms with Gasteiger partial charge in [0.2, 0.25) is 0 Å². The van der Waals surface area contributed by atoms with Crippen LogP contribution in [-0.2, 0) is 9.84 Å². The predicted molar refractivity (Wildman–Crippen MR) is 141 cm³/mol. The van der Waals surface area contributed by atoms with E-state index in [2.05, 4.69) is 10.2 Å². The minimum Gasteiger partial charge on any atom is -0.496 e. The number of anilines is 1. The first-order valence-electron chi connectivity index (χ1n) is 12.2. The van der Waals surface area contributed by atoms with Gasteiger partial charge in [-0.15, -0.1) is 0 Å². The number of nitrogens with zero attached hydrogens (tertiary/aromatic N) is 1. The van der Waals surface area contributed by atoms with E-state index in [0.717, 1.165) is 51.7 Å². The van der Waals surface area contributed by atoms with Crippen molar-refractivity contribution < 1.29 is 17.9 Å². The van der Waals surface area contributed by atoms with E-state index in [1.54, 1.807) is 36.4 Å². The number of amides is 1. The highest BCUT2D eigenvalue weighted by atomic mass is 35.5. The fourth-order valence-electron chi connectivity index (χ4n) is 4.39. The molecular weight excluding hydrogens is 486 g/mol. The first-order valence-corrected chi connectivity index (χ1v) is 14.2. The number of sulfone groups is 1. The summed E-state index contributed by atoms with van der Waals surface area (Å²) in [5.41, 5.74) is 6.56. The van der Waals surface area contributed by atoms with Crippen molar-refractivity contribution >= 4 is 33.0 Å². The second-order valence-corrected chi connectivity index (χ2v) is 11.6. The lowest BCUT2D eigenvalue weighted by atomic mass is 9.96. The first-order chi connectivity index (χ1) is 16.8. The molecule has 9 heteroatoms. The maximum absolute atomic E-state index is 12.6. The van der Waals surface area contributed by atoms with Gasteiger partial charge >= 0.3 is 0 Å². The zero-order valence-electron chi connectivity index (χ0n) is 20.3. The molecule has 0 unspecified atom stereocenters. The van der Waals surface area contributed by atoms with Crippen molar-refractivity contribution in [1.82, 2.24) is 10.2 Å². The van der Waals surface area contributed by atoms with Gasteiger partial charge in [0.05, 0.1) is 34.0 Å². The molecule has 3 rings (SSSR count). The lowest BCUT2D eigenvalue weighted by Crippen LogP contribution is -2.39. The van der Waals surface area contributed by atoms with Gasteiger partial charge in [0.15, 0.2) is 9.84 Å². The molecule has 0 bridgehead atoms. The van der Waals surface area contributed by atoms with Crippen LogP contribution in [-0.4, -0.2) is 58.3 Å². The monoisotopic (exact) mass is 521 g/mol. The molecule has 0 saturated carbocycles. The van der Waals surface area contributed by atoms with E-state index in [4.69, 9.17) is 22.1 Å². The van der Waals surface area contributed by atoms with E-state index in [-0.39, 0.29) is 11.7 Å². The molecule has 1 amide bonds. The Balaban J connectivity index is 1.29. The van der Waals surface area contributed by atoms with Crippen molar-refractivity contribution in [1.29, 1.82) is 0 Å². The number of ether oxygens (including phenoxy) is 1. The van der Waals surface area contributed by atoms with Crippen LogP contribution < -0.4 is 15.8 Å². The Kier molecular flexibility index (Phi) is 10.2. The lowest BCUT2D eigenvalue weighted by Gasteiger charge is -2.32. The number of likely N-dealkylation sites (tertiary alicyclic amines) is 1. The van der Waals surface area contributed by atoms with Crippen molar-refractivity contribution in [3.05, 3.63) is 53.1 Å². The van der Waals surface area contributed by atoms with Crippen LogP contribution in [0.3, 0.4) is 0 Å². The van der Waals surface area contributed by atoms with Gasteiger partial charge in [-0.1, -0.05) is 42.6 Å². The molecule has 1 aliphatic rings. The van der Waals surface area contributed by atoms with Crippen molar-refractivity contribution in [3.8, 4) is 5.75 Å². The van der Waals surface area contributed by atoms with Gasteiger partial charge in [-0.05, 0) is 69.4 Å². The van der Waals surface area contributed by atoms with Crippen LogP contribution in [0.5, 0.6) is 5.75 Å². The summed E-state index contributed by atoms with van der Waals surface area (Å²) < 4.78 is 29.9. The van der Waals surface area contributed by atoms with Gasteiger partial charge in [-0.2, -0.15) is 0 Å². The molecule has 1 heterocycles. The van der Waals surface area contributed by atoms with E-state index in [1.807, 2.05) is 6.07 Å². The first kappa shape index (κ1) is 27.3. The minimum atomic E-state index is -3.17. The SMILES string of the molecule is COc1cc(N)c(Cl)cc1C(=O)NCC1CCN(CCCCCCS(=O)(=O)c2ccccc2)CC1. The van der Waals surface area contributed by atoms with Gasteiger partial charge < -0.3 is 20.7 Å². The summed E-state index contributed by atoms with van der Waals surface area (Å²) in [6, 6.07) is 11.8. The number of benzene rings is 2. The van der Waals surface area contributed by atoms with Gasteiger partial charge in [0.25, 0.3) is 5.91 Å². The number of carbonyl (C=O) groups is 1. The number of methoxy groups -OCH3 is 1. The van der Waals surface area contributed by atoms with Crippen LogP contribution in [0.4, 0.5) is 5.69 Å². The average molecular weight is 522 g/mol. The molecule has 3 N–H and O–H groups in total. The van der Waals surface area contributed by atoms with E-state index in [9.17, 15) is 13.2 Å². The fraction of sp³-hybridized carbons (Fsp3) is 0.500. The summed E-state index contributed by atoms with van der Waals surface area (Å²) in [4.78, 5) is 15.5. The Labute approximate surface area is 213 Å². The Bertz CT molecular complexity index is 1070. The predicted octanol–water partition coefficient (Wildman–Crippen LogP) is 4.41. The Hall–Kier alpha value is -2.29. The maximum Gasteiger partial charge on any atom is 0.255 e. The van der Waals surface area contributed by atoms with Crippen LogP contribution in [0.1, 0.15) is 48.9 Å². The largest absolute Gasteiger partial charge is 0.496 e. The third-order valence-electron chi connectivity index (χ3n) is 6.56. The summed E-state index contributed by atoms with van der Waals surface area (Å²) in [6.07, 6.45) is 5.80. The second kappa shape index (κ2) is 13.1. The molecule has 0 radical (unpaired) electrons. The zero-order chi connectivity index (χ0) is 25.3. The highest BCUT2D eigenvalue weighted by Crippen LogP contribution is 2.29. The summed E-state index contributed by atoms with van der Waals surface area (Å²) in [7, 11) is -1.67. The molecule has 35 heavy (non-hydrogen) atoms. The number of nitrogens with one attached hydrogen (secondary N) is 1. The number of hydrogen-bond donors (Lipinski definition) is 2. The Morgan fingerprint density at radius 1 is 1.11 bits per heavy atom. The van der Waals surface area contributed by atoms with Gasteiger partial charge in [-0.25, -0.2) is 8.42 Å². The molecule has 1 fully saturated rings. The maximum atomic E-state index is 12.6. The average Bonchev–Trinajstić information content (AvgIpc) is 2.87. The number of hydrogen-bond acceptors (Lipinski definition) is 6. The molecule has 0 spiro atoms. The standard InChI is InChI=1S/C26H36ClN3O4S/c1-34-25-18-24(28)23(27)17-22(25)26(31)29-19-20-11-14-30(15-12-20)13-7-2-3-8-16-35(32,33)21-9-5-4-6-10-21/h4-6,9-10,17-18,20H,2-3,7-8,11-16,19,28H2,1H3,(H,29,31). The molecule has 0 aliphatic carbocycles. The highest BCUT2D eigenvalue weighted by Gasteiger charge is 2.21. The molecule has 0 aromatic heterocycles. The van der Waals surface area contributed by atoms with Gasteiger partial charge in [0, 0.05) is 12.6 Å². The third-order valence-corrected chi connectivity index (χ3v) is 8.71. The Morgan fingerprint density at radius 3 is 2.49 bits per heavy atom. The number of halogens is 1. The van der Waals surface area contributed by atoms with E-state index in [0.29, 0.717) is 45.8 Å². The number of nitrogen functional groups attached to an aromatic ring is 1. The fourth-order valence-corrected chi connectivity index (χ4v) is 5.94. The van der Waals surface area contributed by atoms with Crippen molar-refractivity contribution in [2.75, 3.05) is 44.8 Å².